The molecular formula is C13H22N2S. The highest BCUT2D eigenvalue weighted by Crippen LogP contribution is 2.37. The van der Waals surface area contributed by atoms with Gasteiger partial charge < -0.3 is 4.90 Å². The lowest BCUT2D eigenvalue weighted by Gasteiger charge is -2.30. The van der Waals surface area contributed by atoms with Gasteiger partial charge in [0.25, 0.3) is 0 Å². The van der Waals surface area contributed by atoms with Crippen LogP contribution in [-0.4, -0.2) is 18.1 Å². The first-order chi connectivity index (χ1) is 7.48. The van der Waals surface area contributed by atoms with Crippen LogP contribution in [0, 0.1) is 6.92 Å². The van der Waals surface area contributed by atoms with Crippen molar-refractivity contribution in [3.63, 3.8) is 0 Å². The molecule has 1 fully saturated rings. The SMILES string of the molecule is Cc1nc(C(C)(C)C)c(N2CCCCC2)s1. The smallest absolute Gasteiger partial charge is 0.115 e. The van der Waals surface area contributed by atoms with Gasteiger partial charge in [-0.15, -0.1) is 11.3 Å². The van der Waals surface area contributed by atoms with Crippen LogP contribution in [0.4, 0.5) is 5.00 Å². The molecule has 0 amide bonds. The Morgan fingerprint density at radius 2 is 1.75 bits per heavy atom. The minimum atomic E-state index is 0.164. The lowest BCUT2D eigenvalue weighted by molar-refractivity contribution is 0.549. The van der Waals surface area contributed by atoms with E-state index >= 15 is 0 Å². The number of rotatable bonds is 1. The Bertz CT molecular complexity index is 356. The molecule has 0 bridgehead atoms. The molecule has 1 aromatic heterocycles. The number of aryl methyl sites for hydroxylation is 1. The van der Waals surface area contributed by atoms with Crippen LogP contribution >= 0.6 is 11.3 Å². The summed E-state index contributed by atoms with van der Waals surface area (Å²) in [4.78, 5) is 7.27. The second kappa shape index (κ2) is 4.36. The van der Waals surface area contributed by atoms with Crippen LogP contribution in [0.5, 0.6) is 0 Å². The molecule has 1 aliphatic rings. The normalized spacial score (nSPS) is 17.9. The van der Waals surface area contributed by atoms with E-state index in [4.69, 9.17) is 4.98 Å². The van der Waals surface area contributed by atoms with Gasteiger partial charge >= 0.3 is 0 Å². The van der Waals surface area contributed by atoms with Gasteiger partial charge in [0.15, 0.2) is 0 Å². The van der Waals surface area contributed by atoms with Crippen molar-refractivity contribution < 1.29 is 0 Å². The first-order valence-corrected chi connectivity index (χ1v) is 7.03. The fourth-order valence-electron chi connectivity index (χ4n) is 2.22. The fourth-order valence-corrected chi connectivity index (χ4v) is 3.39. The van der Waals surface area contributed by atoms with Gasteiger partial charge in [0.2, 0.25) is 0 Å². The zero-order chi connectivity index (χ0) is 11.8. The highest BCUT2D eigenvalue weighted by Gasteiger charge is 2.26. The van der Waals surface area contributed by atoms with E-state index in [1.165, 1.54) is 48.1 Å². The minimum absolute atomic E-state index is 0.164. The lowest BCUT2D eigenvalue weighted by Crippen LogP contribution is -2.30. The summed E-state index contributed by atoms with van der Waals surface area (Å²) in [6.45, 7) is 11.3. The van der Waals surface area contributed by atoms with Gasteiger partial charge in [0, 0.05) is 18.5 Å². The highest BCUT2D eigenvalue weighted by atomic mass is 32.1. The predicted octanol–water partition coefficient (Wildman–Crippen LogP) is 3.74. The molecular weight excluding hydrogens is 216 g/mol. The Kier molecular flexibility index (Phi) is 3.24. The summed E-state index contributed by atoms with van der Waals surface area (Å²) < 4.78 is 0. The van der Waals surface area contributed by atoms with Gasteiger partial charge in [-0.2, -0.15) is 0 Å². The number of anilines is 1. The minimum Gasteiger partial charge on any atom is -0.362 e. The molecule has 0 saturated carbocycles. The van der Waals surface area contributed by atoms with Crippen molar-refractivity contribution in [3.8, 4) is 0 Å². The number of aromatic nitrogens is 1. The van der Waals surface area contributed by atoms with Crippen LogP contribution < -0.4 is 4.90 Å². The average molecular weight is 238 g/mol. The van der Waals surface area contributed by atoms with Gasteiger partial charge in [-0.3, -0.25) is 0 Å². The van der Waals surface area contributed by atoms with E-state index in [2.05, 4.69) is 32.6 Å². The van der Waals surface area contributed by atoms with Crippen molar-refractivity contribution in [1.29, 1.82) is 0 Å². The Morgan fingerprint density at radius 3 is 2.31 bits per heavy atom. The molecule has 1 aromatic rings. The van der Waals surface area contributed by atoms with E-state index in [9.17, 15) is 0 Å². The summed E-state index contributed by atoms with van der Waals surface area (Å²) in [6, 6.07) is 0. The molecule has 1 aliphatic heterocycles. The van der Waals surface area contributed by atoms with Gasteiger partial charge in [0.1, 0.15) is 5.00 Å². The number of thiazole rings is 1. The van der Waals surface area contributed by atoms with E-state index in [1.807, 2.05) is 11.3 Å². The molecule has 0 spiro atoms. The van der Waals surface area contributed by atoms with Crippen molar-refractivity contribution in [2.24, 2.45) is 0 Å². The van der Waals surface area contributed by atoms with E-state index in [0.717, 1.165) is 0 Å². The van der Waals surface area contributed by atoms with Crippen molar-refractivity contribution in [3.05, 3.63) is 10.7 Å². The maximum Gasteiger partial charge on any atom is 0.115 e. The summed E-state index contributed by atoms with van der Waals surface area (Å²) >= 11 is 1.86. The van der Waals surface area contributed by atoms with E-state index in [0.29, 0.717) is 0 Å². The molecule has 0 N–H and O–H groups in total. The zero-order valence-corrected chi connectivity index (χ0v) is 11.7. The Morgan fingerprint density at radius 1 is 1.12 bits per heavy atom. The van der Waals surface area contributed by atoms with Crippen LogP contribution in [0.2, 0.25) is 0 Å². The van der Waals surface area contributed by atoms with Crippen molar-refractivity contribution in [2.75, 3.05) is 18.0 Å². The molecule has 1 saturated heterocycles. The third-order valence-electron chi connectivity index (χ3n) is 3.07. The van der Waals surface area contributed by atoms with Crippen LogP contribution in [0.3, 0.4) is 0 Å². The standard InChI is InChI=1S/C13H22N2S/c1-10-14-11(13(2,3)4)12(16-10)15-8-6-5-7-9-15/h5-9H2,1-4H3. The molecule has 0 unspecified atom stereocenters. The topological polar surface area (TPSA) is 16.1 Å². The first-order valence-electron chi connectivity index (χ1n) is 6.21. The van der Waals surface area contributed by atoms with Crippen LogP contribution in [-0.2, 0) is 5.41 Å². The maximum absolute atomic E-state index is 4.73. The largest absolute Gasteiger partial charge is 0.362 e. The lowest BCUT2D eigenvalue weighted by atomic mass is 9.92. The van der Waals surface area contributed by atoms with Crippen LogP contribution in [0.15, 0.2) is 0 Å². The van der Waals surface area contributed by atoms with Crippen LogP contribution in [0.1, 0.15) is 50.7 Å². The summed E-state index contributed by atoms with van der Waals surface area (Å²) in [5.41, 5.74) is 1.45. The number of nitrogens with zero attached hydrogens (tertiary/aromatic N) is 2. The maximum atomic E-state index is 4.73. The van der Waals surface area contributed by atoms with Crippen molar-refractivity contribution >= 4 is 16.3 Å². The fraction of sp³-hybridized carbons (Fsp3) is 0.769. The molecule has 90 valence electrons. The van der Waals surface area contributed by atoms with Crippen molar-refractivity contribution in [1.82, 2.24) is 4.98 Å². The summed E-state index contributed by atoms with van der Waals surface area (Å²) in [5.74, 6) is 0. The van der Waals surface area contributed by atoms with E-state index in [1.54, 1.807) is 0 Å². The molecule has 16 heavy (non-hydrogen) atoms. The van der Waals surface area contributed by atoms with Gasteiger partial charge in [-0.1, -0.05) is 20.8 Å². The monoisotopic (exact) mass is 238 g/mol. The number of piperidine rings is 1. The van der Waals surface area contributed by atoms with Gasteiger partial charge in [-0.05, 0) is 26.2 Å². The summed E-state index contributed by atoms with van der Waals surface area (Å²) in [7, 11) is 0. The molecule has 2 heterocycles. The van der Waals surface area contributed by atoms with Gasteiger partial charge in [-0.25, -0.2) is 4.98 Å². The second-order valence-corrected chi connectivity index (χ2v) is 6.87. The Labute approximate surface area is 103 Å². The molecule has 2 nitrogen and oxygen atoms in total. The van der Waals surface area contributed by atoms with E-state index < -0.39 is 0 Å². The Hall–Kier alpha value is -0.570. The Balaban J connectivity index is 2.31. The van der Waals surface area contributed by atoms with Gasteiger partial charge in [0.05, 0.1) is 10.7 Å². The second-order valence-electron chi connectivity index (χ2n) is 5.68. The molecule has 0 aromatic carbocycles. The third-order valence-corrected chi connectivity index (χ3v) is 4.10. The third kappa shape index (κ3) is 2.40. The summed E-state index contributed by atoms with van der Waals surface area (Å²) in [5, 5.41) is 2.62. The molecule has 0 aliphatic carbocycles. The molecule has 3 heteroatoms. The van der Waals surface area contributed by atoms with E-state index in [-0.39, 0.29) is 5.41 Å². The number of hydrogen-bond donors (Lipinski definition) is 0. The first kappa shape index (κ1) is 11.9. The predicted molar refractivity (Wildman–Crippen MR) is 71.6 cm³/mol. The highest BCUT2D eigenvalue weighted by molar-refractivity contribution is 7.15. The average Bonchev–Trinajstić information content (AvgIpc) is 2.61. The van der Waals surface area contributed by atoms with Crippen LogP contribution in [0.25, 0.3) is 0 Å². The molecule has 0 radical (unpaired) electrons. The number of hydrogen-bond acceptors (Lipinski definition) is 3. The van der Waals surface area contributed by atoms with Crippen molar-refractivity contribution in [2.45, 2.75) is 52.4 Å². The summed E-state index contributed by atoms with van der Waals surface area (Å²) in [6.07, 6.45) is 4.06. The molecule has 2 rings (SSSR count). The zero-order valence-electron chi connectivity index (χ0n) is 10.8. The molecule has 0 atom stereocenters. The quantitative estimate of drug-likeness (QED) is 0.741.